The number of hydrogen-bond acceptors (Lipinski definition) is 4. The van der Waals surface area contributed by atoms with Gasteiger partial charge in [-0.1, -0.05) is 66.7 Å². The van der Waals surface area contributed by atoms with Gasteiger partial charge in [0.05, 0.1) is 29.3 Å². The van der Waals surface area contributed by atoms with Crippen molar-refractivity contribution in [2.45, 2.75) is 44.9 Å². The molecule has 2 aromatic heterocycles. The van der Waals surface area contributed by atoms with Crippen LogP contribution in [0.25, 0.3) is 22.2 Å². The number of aromatic amines is 1. The Labute approximate surface area is 228 Å². The van der Waals surface area contributed by atoms with Crippen LogP contribution in [0.4, 0.5) is 0 Å². The highest BCUT2D eigenvalue weighted by Crippen LogP contribution is 2.35. The Hall–Kier alpha value is -3.32. The molecule has 1 unspecified atom stereocenters. The Morgan fingerprint density at radius 3 is 2.54 bits per heavy atom. The first-order valence-corrected chi connectivity index (χ1v) is 12.8. The molecule has 0 bridgehead atoms. The van der Waals surface area contributed by atoms with E-state index in [1.54, 1.807) is 0 Å². The van der Waals surface area contributed by atoms with Crippen LogP contribution in [-0.2, 0) is 26.1 Å². The second kappa shape index (κ2) is 11.4. The first kappa shape index (κ1) is 25.3. The minimum atomic E-state index is 0. The summed E-state index contributed by atoms with van der Waals surface area (Å²) in [6.07, 6.45) is 5.31. The highest BCUT2D eigenvalue weighted by atomic mass is 79.9. The number of aryl methyl sites for hydroxylation is 1. The molecule has 0 saturated heterocycles. The molecular formula is C31H32BrN5. The van der Waals surface area contributed by atoms with Crippen molar-refractivity contribution in [1.82, 2.24) is 19.9 Å². The van der Waals surface area contributed by atoms with E-state index in [4.69, 9.17) is 15.7 Å². The van der Waals surface area contributed by atoms with Gasteiger partial charge in [-0.25, -0.2) is 4.98 Å². The standard InChI is InChI=1S/C31H31N5.BrH/c32-19-25-7-1-2-10-26(25)23-16-14-22(15-17-23)20-36(21-30-34-27-11-3-4-12-28(27)35-30)29-13-5-8-24-9-6-18-33-31(24)29;/h1-4,6-7,9-12,14-18,29H,5,8,13,19-21,32H2,(H,34,35);1H. The van der Waals surface area contributed by atoms with Crippen molar-refractivity contribution in [3.8, 4) is 11.1 Å². The topological polar surface area (TPSA) is 70.8 Å². The molecule has 0 fully saturated rings. The number of halogens is 1. The number of hydrogen-bond donors (Lipinski definition) is 2. The first-order valence-electron chi connectivity index (χ1n) is 12.8. The van der Waals surface area contributed by atoms with Gasteiger partial charge >= 0.3 is 0 Å². The van der Waals surface area contributed by atoms with E-state index >= 15 is 0 Å². The molecule has 1 aliphatic rings. The largest absolute Gasteiger partial charge is 0.341 e. The van der Waals surface area contributed by atoms with Gasteiger partial charge in [-0.3, -0.25) is 9.88 Å². The lowest BCUT2D eigenvalue weighted by Gasteiger charge is -2.34. The molecule has 6 rings (SSSR count). The molecule has 37 heavy (non-hydrogen) atoms. The van der Waals surface area contributed by atoms with Crippen molar-refractivity contribution in [3.63, 3.8) is 0 Å². The number of imidazole rings is 1. The smallest absolute Gasteiger partial charge is 0.121 e. The highest BCUT2D eigenvalue weighted by Gasteiger charge is 2.28. The van der Waals surface area contributed by atoms with Gasteiger partial charge in [0, 0.05) is 19.3 Å². The molecule has 0 spiro atoms. The van der Waals surface area contributed by atoms with Gasteiger partial charge in [0.1, 0.15) is 5.82 Å². The van der Waals surface area contributed by atoms with E-state index in [2.05, 4.69) is 76.6 Å². The second-order valence-electron chi connectivity index (χ2n) is 9.62. The van der Waals surface area contributed by atoms with E-state index in [0.29, 0.717) is 6.54 Å². The van der Waals surface area contributed by atoms with Crippen LogP contribution in [-0.4, -0.2) is 19.9 Å². The Morgan fingerprint density at radius 1 is 0.892 bits per heavy atom. The van der Waals surface area contributed by atoms with Crippen LogP contribution in [0.1, 0.15) is 47.1 Å². The summed E-state index contributed by atoms with van der Waals surface area (Å²) >= 11 is 0. The summed E-state index contributed by atoms with van der Waals surface area (Å²) in [6, 6.07) is 30.1. The van der Waals surface area contributed by atoms with Crippen LogP contribution in [0, 0.1) is 0 Å². The predicted octanol–water partition coefficient (Wildman–Crippen LogP) is 6.74. The zero-order valence-corrected chi connectivity index (χ0v) is 22.5. The van der Waals surface area contributed by atoms with Crippen LogP contribution in [0.2, 0.25) is 0 Å². The van der Waals surface area contributed by atoms with Gasteiger partial charge in [-0.05, 0) is 65.3 Å². The third kappa shape index (κ3) is 5.37. The molecule has 5 nitrogen and oxygen atoms in total. The Bertz CT molecular complexity index is 1440. The van der Waals surface area contributed by atoms with Gasteiger partial charge < -0.3 is 10.7 Å². The second-order valence-corrected chi connectivity index (χ2v) is 9.62. The molecule has 1 aliphatic carbocycles. The zero-order valence-electron chi connectivity index (χ0n) is 20.8. The third-order valence-electron chi connectivity index (χ3n) is 7.29. The van der Waals surface area contributed by atoms with Gasteiger partial charge in [-0.15, -0.1) is 17.0 Å². The lowest BCUT2D eigenvalue weighted by atomic mass is 9.90. The molecule has 3 aromatic carbocycles. The van der Waals surface area contributed by atoms with Crippen molar-refractivity contribution < 1.29 is 0 Å². The summed E-state index contributed by atoms with van der Waals surface area (Å²) < 4.78 is 0. The summed E-state index contributed by atoms with van der Waals surface area (Å²) in [6.45, 7) is 2.11. The number of para-hydroxylation sites is 2. The number of pyridine rings is 1. The van der Waals surface area contributed by atoms with Crippen LogP contribution in [0.15, 0.2) is 91.1 Å². The maximum atomic E-state index is 5.99. The fraction of sp³-hybridized carbons (Fsp3) is 0.226. The fourth-order valence-electron chi connectivity index (χ4n) is 5.49. The normalized spacial score (nSPS) is 14.9. The Morgan fingerprint density at radius 2 is 1.70 bits per heavy atom. The summed E-state index contributed by atoms with van der Waals surface area (Å²) in [4.78, 5) is 15.8. The van der Waals surface area contributed by atoms with Crippen molar-refractivity contribution in [2.75, 3.05) is 0 Å². The monoisotopic (exact) mass is 553 g/mol. The Kier molecular flexibility index (Phi) is 7.79. The number of nitrogens with two attached hydrogens (primary N) is 1. The van der Waals surface area contributed by atoms with E-state index in [1.807, 2.05) is 24.4 Å². The summed E-state index contributed by atoms with van der Waals surface area (Å²) in [5, 5.41) is 0. The minimum Gasteiger partial charge on any atom is -0.341 e. The maximum absolute atomic E-state index is 5.99. The SMILES string of the molecule is Br.NCc1ccccc1-c1ccc(CN(Cc2nc3ccccc3[nH]2)C2CCCc3cccnc32)cc1. The van der Waals surface area contributed by atoms with Gasteiger partial charge in [0.2, 0.25) is 0 Å². The van der Waals surface area contributed by atoms with E-state index in [0.717, 1.165) is 42.8 Å². The number of benzene rings is 3. The highest BCUT2D eigenvalue weighted by molar-refractivity contribution is 8.93. The van der Waals surface area contributed by atoms with Crippen LogP contribution in [0.3, 0.4) is 0 Å². The molecule has 0 amide bonds. The van der Waals surface area contributed by atoms with Gasteiger partial charge in [-0.2, -0.15) is 0 Å². The molecule has 0 aliphatic heterocycles. The predicted molar refractivity (Wildman–Crippen MR) is 155 cm³/mol. The van der Waals surface area contributed by atoms with Crippen LogP contribution >= 0.6 is 17.0 Å². The molecule has 0 saturated carbocycles. The van der Waals surface area contributed by atoms with Crippen molar-refractivity contribution in [2.24, 2.45) is 5.73 Å². The molecule has 5 aromatic rings. The number of fused-ring (bicyclic) bond motifs is 2. The Balaban J connectivity index is 0.00000280. The van der Waals surface area contributed by atoms with Crippen LogP contribution in [0.5, 0.6) is 0 Å². The number of nitrogens with zero attached hydrogens (tertiary/aromatic N) is 3. The molecule has 6 heteroatoms. The van der Waals surface area contributed by atoms with Gasteiger partial charge in [0.15, 0.2) is 0 Å². The third-order valence-corrected chi connectivity index (χ3v) is 7.29. The van der Waals surface area contributed by atoms with E-state index in [9.17, 15) is 0 Å². The number of nitrogens with one attached hydrogen (secondary N) is 1. The summed E-state index contributed by atoms with van der Waals surface area (Å²) in [5.74, 6) is 0.993. The van der Waals surface area contributed by atoms with Crippen molar-refractivity contribution in [3.05, 3.63) is 119 Å². The zero-order chi connectivity index (χ0) is 24.3. The van der Waals surface area contributed by atoms with Crippen molar-refractivity contribution >= 4 is 28.0 Å². The average molecular weight is 555 g/mol. The molecule has 3 N–H and O–H groups in total. The molecule has 1 atom stereocenters. The lowest BCUT2D eigenvalue weighted by Crippen LogP contribution is -2.31. The molecule has 0 radical (unpaired) electrons. The van der Waals surface area contributed by atoms with Crippen LogP contribution < -0.4 is 5.73 Å². The van der Waals surface area contributed by atoms with Gasteiger partial charge in [0.25, 0.3) is 0 Å². The minimum absolute atomic E-state index is 0. The summed E-state index contributed by atoms with van der Waals surface area (Å²) in [5.41, 5.74) is 15.5. The molecule has 188 valence electrons. The van der Waals surface area contributed by atoms with E-state index in [-0.39, 0.29) is 23.0 Å². The van der Waals surface area contributed by atoms with E-state index in [1.165, 1.54) is 39.9 Å². The number of aromatic nitrogens is 3. The average Bonchev–Trinajstić information content (AvgIpc) is 3.35. The number of H-pyrrole nitrogens is 1. The first-order chi connectivity index (χ1) is 17.8. The van der Waals surface area contributed by atoms with E-state index < -0.39 is 0 Å². The maximum Gasteiger partial charge on any atom is 0.121 e. The van der Waals surface area contributed by atoms with Crippen molar-refractivity contribution in [1.29, 1.82) is 0 Å². The quantitative estimate of drug-likeness (QED) is 0.234. The lowest BCUT2D eigenvalue weighted by molar-refractivity contribution is 0.153. The fourth-order valence-corrected chi connectivity index (χ4v) is 5.49. The summed E-state index contributed by atoms with van der Waals surface area (Å²) in [7, 11) is 0. The number of rotatable bonds is 7. The molecular weight excluding hydrogens is 522 g/mol. The molecule has 2 heterocycles.